The number of H-pyrrole nitrogens is 1. The van der Waals surface area contributed by atoms with E-state index in [2.05, 4.69) is 58.7 Å². The fraction of sp³-hybridized carbons (Fsp3) is 0.478. The molecule has 1 spiro atoms. The molecule has 12 heteroatoms. The molecule has 2 aliphatic rings. The van der Waals surface area contributed by atoms with E-state index in [1.807, 2.05) is 37.3 Å². The average Bonchev–Trinajstić information content (AvgIpc) is 3.50. The second kappa shape index (κ2) is 8.44. The van der Waals surface area contributed by atoms with Crippen LogP contribution in [0.15, 0.2) is 24.5 Å². The number of hydrogen-bond donors (Lipinski definition) is 2. The summed E-state index contributed by atoms with van der Waals surface area (Å²) in [7, 11) is 0. The molecule has 184 valence electrons. The van der Waals surface area contributed by atoms with E-state index >= 15 is 0 Å². The van der Waals surface area contributed by atoms with Crippen LogP contribution in [0.3, 0.4) is 0 Å². The monoisotopic (exact) mass is 624 g/mol. The van der Waals surface area contributed by atoms with Gasteiger partial charge < -0.3 is 9.45 Å². The van der Waals surface area contributed by atoms with Crippen molar-refractivity contribution < 1.29 is 4.55 Å². The van der Waals surface area contributed by atoms with Crippen LogP contribution >= 0.6 is 34.2 Å². The van der Waals surface area contributed by atoms with Gasteiger partial charge in [-0.1, -0.05) is 17.7 Å². The van der Waals surface area contributed by atoms with Crippen molar-refractivity contribution in [1.29, 1.82) is 0 Å². The molecule has 4 aromatic rings. The van der Waals surface area contributed by atoms with Crippen LogP contribution in [0.5, 0.6) is 0 Å². The Bertz CT molecular complexity index is 1420. The molecular weight excluding hydrogens is 599 g/mol. The van der Waals surface area contributed by atoms with E-state index in [4.69, 9.17) is 16.6 Å². The molecule has 0 amide bonds. The first kappa shape index (κ1) is 23.7. The van der Waals surface area contributed by atoms with Gasteiger partial charge >= 0.3 is 0 Å². The number of rotatable bonds is 3. The van der Waals surface area contributed by atoms with Crippen molar-refractivity contribution in [2.24, 2.45) is 5.41 Å². The summed E-state index contributed by atoms with van der Waals surface area (Å²) in [5.41, 5.74) is 3.90. The summed E-state index contributed by atoms with van der Waals surface area (Å²) in [4.78, 5) is 7.18. The molecule has 0 radical (unpaired) electrons. The number of piperidine rings is 1. The fourth-order valence-corrected chi connectivity index (χ4v) is 7.16. The topological polar surface area (TPSA) is 110 Å². The van der Waals surface area contributed by atoms with Gasteiger partial charge in [0.15, 0.2) is 11.3 Å². The van der Waals surface area contributed by atoms with Crippen LogP contribution in [-0.2, 0) is 17.8 Å². The lowest BCUT2D eigenvalue weighted by Gasteiger charge is -2.44. The van der Waals surface area contributed by atoms with Crippen LogP contribution in [0.4, 0.5) is 5.95 Å². The van der Waals surface area contributed by atoms with Crippen molar-refractivity contribution in [1.82, 2.24) is 34.5 Å². The van der Waals surface area contributed by atoms with Crippen molar-refractivity contribution in [2.45, 2.75) is 50.8 Å². The molecule has 4 heterocycles. The Morgan fingerprint density at radius 3 is 2.80 bits per heavy atom. The number of fused-ring (bicyclic) bond motifs is 4. The highest BCUT2D eigenvalue weighted by atomic mass is 127. The van der Waals surface area contributed by atoms with E-state index in [1.165, 1.54) is 11.1 Å². The number of halogens is 2. The zero-order chi connectivity index (χ0) is 24.5. The smallest absolute Gasteiger partial charge is 0.214 e. The van der Waals surface area contributed by atoms with Gasteiger partial charge in [-0.15, -0.1) is 14.9 Å². The van der Waals surface area contributed by atoms with Crippen molar-refractivity contribution >= 4 is 68.2 Å². The van der Waals surface area contributed by atoms with Gasteiger partial charge in [0.1, 0.15) is 14.8 Å². The number of anilines is 1. The largest absolute Gasteiger partial charge is 0.598 e. The SMILES string of the molecule is CC(C)(C)[S@@+]([O-])N[C@@H]1c2cc(Cl)ccc2CC12CCN(c1nc3[nH]nc(I)c3c3nncn13)CC2. The Kier molecular flexibility index (Phi) is 5.72. The maximum absolute atomic E-state index is 13.2. The summed E-state index contributed by atoms with van der Waals surface area (Å²) >= 11 is 7.39. The van der Waals surface area contributed by atoms with E-state index in [0.29, 0.717) is 10.7 Å². The Balaban J connectivity index is 1.33. The molecule has 0 saturated carbocycles. The third-order valence-electron chi connectivity index (χ3n) is 7.30. The maximum atomic E-state index is 13.2. The van der Waals surface area contributed by atoms with Gasteiger partial charge in [-0.2, -0.15) is 10.1 Å². The van der Waals surface area contributed by atoms with Gasteiger partial charge in [0.2, 0.25) is 5.95 Å². The van der Waals surface area contributed by atoms with E-state index in [9.17, 15) is 4.55 Å². The number of nitrogens with zero attached hydrogens (tertiary/aromatic N) is 6. The lowest BCUT2D eigenvalue weighted by atomic mass is 9.73. The second-order valence-electron chi connectivity index (χ2n) is 10.5. The van der Waals surface area contributed by atoms with Gasteiger partial charge in [0.05, 0.1) is 11.4 Å². The van der Waals surface area contributed by atoms with Crippen molar-refractivity contribution in [3.8, 4) is 0 Å². The molecule has 1 saturated heterocycles. The van der Waals surface area contributed by atoms with Crippen molar-refractivity contribution in [3.63, 3.8) is 0 Å². The molecule has 35 heavy (non-hydrogen) atoms. The molecule has 2 atom stereocenters. The summed E-state index contributed by atoms with van der Waals surface area (Å²) < 4.78 is 19.1. The highest BCUT2D eigenvalue weighted by Gasteiger charge is 2.50. The summed E-state index contributed by atoms with van der Waals surface area (Å²) in [6.07, 6.45) is 4.53. The third kappa shape index (κ3) is 3.90. The Morgan fingerprint density at radius 2 is 2.06 bits per heavy atom. The second-order valence-corrected chi connectivity index (χ2v) is 13.9. The number of benzene rings is 1. The normalized spacial score (nSPS) is 20.7. The van der Waals surface area contributed by atoms with E-state index in [-0.39, 0.29) is 16.2 Å². The first-order valence-corrected chi connectivity index (χ1v) is 14.2. The number of aromatic nitrogens is 6. The van der Waals surface area contributed by atoms with Crippen LogP contribution in [0, 0.1) is 9.12 Å². The van der Waals surface area contributed by atoms with Crippen molar-refractivity contribution in [2.75, 3.05) is 18.0 Å². The maximum Gasteiger partial charge on any atom is 0.214 e. The summed E-state index contributed by atoms with van der Waals surface area (Å²) in [5, 5.41) is 17.4. The minimum Gasteiger partial charge on any atom is -0.598 e. The van der Waals surface area contributed by atoms with E-state index < -0.39 is 11.4 Å². The molecule has 0 unspecified atom stereocenters. The van der Waals surface area contributed by atoms with Gasteiger partial charge in [0, 0.05) is 34.9 Å². The molecule has 1 aromatic carbocycles. The minimum absolute atomic E-state index is 0.0158. The minimum atomic E-state index is -1.19. The van der Waals surface area contributed by atoms with Crippen molar-refractivity contribution in [3.05, 3.63) is 44.4 Å². The first-order chi connectivity index (χ1) is 16.7. The predicted molar refractivity (Wildman–Crippen MR) is 146 cm³/mol. The van der Waals surface area contributed by atoms with Crippen LogP contribution < -0.4 is 9.62 Å². The number of hydrogen-bond acceptors (Lipinski definition) is 7. The van der Waals surface area contributed by atoms with E-state index in [0.717, 1.165) is 53.0 Å². The van der Waals surface area contributed by atoms with Crippen LogP contribution in [0.25, 0.3) is 16.7 Å². The van der Waals surface area contributed by atoms with Crippen LogP contribution in [0.2, 0.25) is 5.02 Å². The molecule has 9 nitrogen and oxygen atoms in total. The van der Waals surface area contributed by atoms with Gasteiger partial charge in [-0.25, -0.2) is 0 Å². The number of nitrogens with one attached hydrogen (secondary N) is 2. The Hall–Kier alpha value is -1.67. The molecule has 1 aliphatic heterocycles. The lowest BCUT2D eigenvalue weighted by Crippen LogP contribution is -2.50. The van der Waals surface area contributed by atoms with Crippen LogP contribution in [-0.4, -0.2) is 52.2 Å². The standard InChI is InChI=1S/C23H26ClIN8OS/c1-22(2,3)35(34)31-17-15-10-14(24)5-4-13(15)11-23(17)6-8-32(9-7-23)21-27-19-16(18(25)28-29-19)20-30-26-12-33(20)21/h4-5,10,12,17,31H,6-9,11H2,1-3H3,(H,28,29)/t17-,35-/m1/s1. The summed E-state index contributed by atoms with van der Waals surface area (Å²) in [6.45, 7) is 7.64. The predicted octanol–water partition coefficient (Wildman–Crippen LogP) is 4.19. The fourth-order valence-electron chi connectivity index (χ4n) is 5.42. The summed E-state index contributed by atoms with van der Waals surface area (Å²) in [6, 6.07) is 6.12. The van der Waals surface area contributed by atoms with E-state index in [1.54, 1.807) is 6.33 Å². The third-order valence-corrected chi connectivity index (χ3v) is 9.88. The highest BCUT2D eigenvalue weighted by molar-refractivity contribution is 14.1. The first-order valence-electron chi connectivity index (χ1n) is 11.6. The van der Waals surface area contributed by atoms with Gasteiger partial charge in [0.25, 0.3) is 0 Å². The zero-order valence-electron chi connectivity index (χ0n) is 19.7. The van der Waals surface area contributed by atoms with Gasteiger partial charge in [-0.3, -0.25) is 9.50 Å². The summed E-state index contributed by atoms with van der Waals surface area (Å²) in [5.74, 6) is 0.814. The molecule has 3 aromatic heterocycles. The molecule has 2 N–H and O–H groups in total. The molecule has 1 fully saturated rings. The lowest BCUT2D eigenvalue weighted by molar-refractivity contribution is 0.175. The molecular formula is C23H26ClIN8OS. The highest BCUT2D eigenvalue weighted by Crippen LogP contribution is 2.53. The quantitative estimate of drug-likeness (QED) is 0.260. The van der Waals surface area contributed by atoms with Gasteiger partial charge in [-0.05, 0) is 85.9 Å². The van der Waals surface area contributed by atoms with Crippen LogP contribution in [0.1, 0.15) is 50.8 Å². The Labute approximate surface area is 224 Å². The number of aromatic amines is 1. The average molecular weight is 625 g/mol. The molecule has 1 aliphatic carbocycles. The zero-order valence-corrected chi connectivity index (χ0v) is 23.4. The Morgan fingerprint density at radius 1 is 1.29 bits per heavy atom. The molecule has 0 bridgehead atoms. The molecule has 6 rings (SSSR count).